The van der Waals surface area contributed by atoms with Crippen LogP contribution >= 0.6 is 11.3 Å². The van der Waals surface area contributed by atoms with Crippen molar-refractivity contribution in [3.8, 4) is 0 Å². The van der Waals surface area contributed by atoms with Crippen LogP contribution in [0.1, 0.15) is 21.1 Å². The highest BCUT2D eigenvalue weighted by Gasteiger charge is 2.05. The molecule has 0 N–H and O–H groups in total. The van der Waals surface area contributed by atoms with Gasteiger partial charge in [-0.25, -0.2) is 4.98 Å². The Labute approximate surface area is 109 Å². The Kier molecular flexibility index (Phi) is 2.72. The monoisotopic (exact) mass is 256 g/mol. The van der Waals surface area contributed by atoms with Crippen LogP contribution in [0.2, 0.25) is 0 Å². The Balaban J connectivity index is 2.00. The second-order valence-corrected chi connectivity index (χ2v) is 5.21. The van der Waals surface area contributed by atoms with Gasteiger partial charge in [-0.15, -0.1) is 11.3 Å². The van der Waals surface area contributed by atoms with Crippen molar-refractivity contribution < 1.29 is 4.79 Å². The number of aromatic nitrogens is 2. The number of hydrogen-bond donors (Lipinski definition) is 0. The fourth-order valence-corrected chi connectivity index (χ4v) is 2.82. The summed E-state index contributed by atoms with van der Waals surface area (Å²) in [4.78, 5) is 15.2. The van der Waals surface area contributed by atoms with E-state index in [-0.39, 0.29) is 0 Å². The van der Waals surface area contributed by atoms with Gasteiger partial charge in [0.05, 0.1) is 6.54 Å². The van der Waals surface area contributed by atoms with Gasteiger partial charge in [-0.05, 0) is 31.2 Å². The van der Waals surface area contributed by atoms with Crippen molar-refractivity contribution in [3.05, 3.63) is 52.1 Å². The molecule has 3 rings (SSSR count). The smallest absolute Gasteiger partial charge is 0.150 e. The maximum absolute atomic E-state index is 10.7. The normalized spacial score (nSPS) is 10.9. The van der Waals surface area contributed by atoms with Gasteiger partial charge in [0.2, 0.25) is 0 Å². The van der Waals surface area contributed by atoms with E-state index in [0.29, 0.717) is 5.56 Å². The molecular weight excluding hydrogens is 244 g/mol. The average molecular weight is 256 g/mol. The number of nitrogens with zero attached hydrogens (tertiary/aromatic N) is 2. The molecule has 90 valence electrons. The van der Waals surface area contributed by atoms with Gasteiger partial charge < -0.3 is 4.57 Å². The van der Waals surface area contributed by atoms with Crippen molar-refractivity contribution >= 4 is 28.5 Å². The van der Waals surface area contributed by atoms with Crippen LogP contribution in [0.3, 0.4) is 0 Å². The maximum Gasteiger partial charge on any atom is 0.150 e. The van der Waals surface area contributed by atoms with Gasteiger partial charge in [-0.2, -0.15) is 0 Å². The van der Waals surface area contributed by atoms with Gasteiger partial charge in [0.25, 0.3) is 0 Å². The predicted molar refractivity (Wildman–Crippen MR) is 73.3 cm³/mol. The number of benzene rings is 1. The first-order chi connectivity index (χ1) is 8.76. The molecule has 18 heavy (non-hydrogen) atoms. The fourth-order valence-electron chi connectivity index (χ4n) is 2.05. The minimum absolute atomic E-state index is 0.713. The van der Waals surface area contributed by atoms with Crippen LogP contribution in [0.15, 0.2) is 35.8 Å². The van der Waals surface area contributed by atoms with Crippen molar-refractivity contribution in [2.45, 2.75) is 13.5 Å². The molecule has 0 bridgehead atoms. The quantitative estimate of drug-likeness (QED) is 0.674. The molecule has 0 radical (unpaired) electrons. The number of aldehydes is 1. The van der Waals surface area contributed by atoms with Gasteiger partial charge >= 0.3 is 0 Å². The number of fused-ring (bicyclic) bond motifs is 1. The molecule has 3 nitrogen and oxygen atoms in total. The summed E-state index contributed by atoms with van der Waals surface area (Å²) in [5.74, 6) is 0. The summed E-state index contributed by atoms with van der Waals surface area (Å²) in [5, 5.41) is 4.25. The van der Waals surface area contributed by atoms with Gasteiger partial charge in [-0.3, -0.25) is 4.79 Å². The number of thiazole rings is 1. The third-order valence-electron chi connectivity index (χ3n) is 2.90. The average Bonchev–Trinajstić information content (AvgIpc) is 2.96. The number of aryl methyl sites for hydroxylation is 1. The first-order valence-electron chi connectivity index (χ1n) is 5.71. The summed E-state index contributed by atoms with van der Waals surface area (Å²) in [6.07, 6.45) is 2.91. The summed E-state index contributed by atoms with van der Waals surface area (Å²) < 4.78 is 2.15. The summed E-state index contributed by atoms with van der Waals surface area (Å²) in [5.41, 5.74) is 2.91. The molecule has 1 aromatic carbocycles. The van der Waals surface area contributed by atoms with Gasteiger partial charge in [0, 0.05) is 33.7 Å². The van der Waals surface area contributed by atoms with Crippen LogP contribution in [0.4, 0.5) is 0 Å². The second-order valence-electron chi connectivity index (χ2n) is 4.26. The van der Waals surface area contributed by atoms with E-state index >= 15 is 0 Å². The van der Waals surface area contributed by atoms with E-state index in [4.69, 9.17) is 0 Å². The van der Waals surface area contributed by atoms with E-state index in [1.165, 1.54) is 0 Å². The van der Waals surface area contributed by atoms with Crippen LogP contribution in [0.25, 0.3) is 10.9 Å². The van der Waals surface area contributed by atoms with Crippen LogP contribution in [0, 0.1) is 6.92 Å². The molecule has 0 aliphatic carbocycles. The lowest BCUT2D eigenvalue weighted by Gasteiger charge is -2.02. The lowest BCUT2D eigenvalue weighted by atomic mass is 10.2. The molecule has 4 heteroatoms. The first-order valence-corrected chi connectivity index (χ1v) is 6.59. The summed E-state index contributed by atoms with van der Waals surface area (Å²) in [6.45, 7) is 2.78. The fraction of sp³-hybridized carbons (Fsp3) is 0.143. The molecule has 0 saturated heterocycles. The van der Waals surface area contributed by atoms with Crippen LogP contribution in [-0.4, -0.2) is 15.8 Å². The molecule has 0 aliphatic rings. The topological polar surface area (TPSA) is 34.9 Å². The molecule has 0 fully saturated rings. The van der Waals surface area contributed by atoms with Crippen LogP contribution < -0.4 is 0 Å². The zero-order valence-corrected chi connectivity index (χ0v) is 10.8. The first kappa shape index (κ1) is 11.2. The zero-order chi connectivity index (χ0) is 12.5. The lowest BCUT2D eigenvalue weighted by Crippen LogP contribution is -1.97. The molecule has 0 atom stereocenters. The number of carbonyl (C=O) groups is 1. The Morgan fingerprint density at radius 2 is 2.28 bits per heavy atom. The number of carbonyl (C=O) groups excluding carboxylic acids is 1. The van der Waals surface area contributed by atoms with Crippen molar-refractivity contribution in [1.29, 1.82) is 0 Å². The largest absolute Gasteiger partial charge is 0.341 e. The number of rotatable bonds is 3. The van der Waals surface area contributed by atoms with E-state index in [1.807, 2.05) is 37.4 Å². The summed E-state index contributed by atoms with van der Waals surface area (Å²) in [6, 6.07) is 7.77. The minimum atomic E-state index is 0.713. The summed E-state index contributed by atoms with van der Waals surface area (Å²) >= 11 is 1.68. The third-order valence-corrected chi connectivity index (χ3v) is 3.85. The highest BCUT2D eigenvalue weighted by atomic mass is 32.1. The zero-order valence-electron chi connectivity index (χ0n) is 9.96. The molecular formula is C14H12N2OS. The number of hydrogen-bond acceptors (Lipinski definition) is 3. The maximum atomic E-state index is 10.7. The van der Waals surface area contributed by atoms with E-state index in [2.05, 4.69) is 14.9 Å². The highest BCUT2D eigenvalue weighted by molar-refractivity contribution is 7.09. The van der Waals surface area contributed by atoms with Gasteiger partial charge in [0.15, 0.2) is 0 Å². The molecule has 0 unspecified atom stereocenters. The minimum Gasteiger partial charge on any atom is -0.341 e. The molecule has 3 aromatic rings. The Hall–Kier alpha value is -1.94. The van der Waals surface area contributed by atoms with E-state index in [1.54, 1.807) is 11.3 Å². The van der Waals surface area contributed by atoms with Crippen LogP contribution in [-0.2, 0) is 6.54 Å². The lowest BCUT2D eigenvalue weighted by molar-refractivity contribution is 0.112. The second kappa shape index (κ2) is 4.38. The van der Waals surface area contributed by atoms with E-state index in [9.17, 15) is 4.79 Å². The van der Waals surface area contributed by atoms with Crippen molar-refractivity contribution in [1.82, 2.24) is 9.55 Å². The molecule has 0 spiro atoms. The Morgan fingerprint density at radius 1 is 1.39 bits per heavy atom. The molecule has 0 amide bonds. The van der Waals surface area contributed by atoms with Crippen LogP contribution in [0.5, 0.6) is 0 Å². The van der Waals surface area contributed by atoms with Gasteiger partial charge in [0.1, 0.15) is 11.3 Å². The third kappa shape index (κ3) is 1.95. The van der Waals surface area contributed by atoms with E-state index < -0.39 is 0 Å². The highest BCUT2D eigenvalue weighted by Crippen LogP contribution is 2.19. The Morgan fingerprint density at radius 3 is 3.00 bits per heavy atom. The van der Waals surface area contributed by atoms with Crippen molar-refractivity contribution in [2.75, 3.05) is 0 Å². The van der Waals surface area contributed by atoms with Crippen molar-refractivity contribution in [2.24, 2.45) is 0 Å². The van der Waals surface area contributed by atoms with E-state index in [0.717, 1.165) is 34.4 Å². The molecule has 2 heterocycles. The predicted octanol–water partition coefficient (Wildman–Crippen LogP) is 3.27. The van der Waals surface area contributed by atoms with Gasteiger partial charge in [-0.1, -0.05) is 0 Å². The molecule has 0 aliphatic heterocycles. The SMILES string of the molecule is Cc1csc(Cn2ccc3cc(C=O)ccc32)n1. The molecule has 2 aromatic heterocycles. The summed E-state index contributed by atoms with van der Waals surface area (Å²) in [7, 11) is 0. The molecule has 0 saturated carbocycles. The van der Waals surface area contributed by atoms with Crippen molar-refractivity contribution in [3.63, 3.8) is 0 Å². The Bertz CT molecular complexity index is 711. The standard InChI is InChI=1S/C14H12N2OS/c1-10-9-18-14(15-10)7-16-5-4-12-6-11(8-17)2-3-13(12)16/h2-6,8-9H,7H2,1H3.